The van der Waals surface area contributed by atoms with Crippen molar-refractivity contribution in [3.63, 3.8) is 0 Å². The van der Waals surface area contributed by atoms with E-state index in [9.17, 15) is 45.1 Å². The summed E-state index contributed by atoms with van der Waals surface area (Å²) >= 11 is 0. The normalized spacial score (nSPS) is 11.7. The smallest absolute Gasteiger partial charge is 0.339 e. The minimum Gasteiger partial charge on any atom is -0.497 e. The van der Waals surface area contributed by atoms with Gasteiger partial charge in [0.1, 0.15) is 29.5 Å². The van der Waals surface area contributed by atoms with Gasteiger partial charge in [0.05, 0.1) is 35.4 Å². The number of aliphatic carboxylic acids is 2. The average Bonchev–Trinajstić information content (AvgIpc) is 3.16. The third-order valence-corrected chi connectivity index (χ3v) is 12.6. The Labute approximate surface area is 311 Å². The number of carboxylic acid groups (broad SMARTS) is 2. The summed E-state index contributed by atoms with van der Waals surface area (Å²) in [6.45, 7) is -2.40. The topological polar surface area (TPSA) is 211 Å². The van der Waals surface area contributed by atoms with E-state index in [4.69, 9.17) is 13.7 Å². The first-order chi connectivity index (χ1) is 25.6. The molecule has 0 aliphatic carbocycles. The minimum absolute atomic E-state index is 0.285. The fourth-order valence-electron chi connectivity index (χ4n) is 5.15. The van der Waals surface area contributed by atoms with E-state index in [0.29, 0.717) is 19.9 Å². The standard InChI is InChI=1S/C36H32N2O13S3/c1-49-28-11-17-30(18-12-28)52(43,44)37(23-35(39)40)27-10-21-33(38(24-36(41)42)53(45,46)31-19-13-29(50-2)14-20-31)34(22-27)51-54(47,48)32-15-8-26(9-16-32)25-6-4-3-5-7-25/h3-22H,23-24H2,1-2H3,(H,39,40)(H,41,42). The fraction of sp³-hybridized carbons (Fsp3) is 0.111. The predicted molar refractivity (Wildman–Crippen MR) is 196 cm³/mol. The molecule has 0 atom stereocenters. The van der Waals surface area contributed by atoms with Gasteiger partial charge in [-0.2, -0.15) is 8.42 Å². The first-order valence-electron chi connectivity index (χ1n) is 15.6. The predicted octanol–water partition coefficient (Wildman–Crippen LogP) is 4.70. The Hall–Kier alpha value is -6.11. The molecule has 0 radical (unpaired) electrons. The summed E-state index contributed by atoms with van der Waals surface area (Å²) in [5.41, 5.74) is 0.350. The van der Waals surface area contributed by atoms with E-state index < -0.39 is 82.1 Å². The summed E-state index contributed by atoms with van der Waals surface area (Å²) in [6, 6.07) is 27.1. The quantitative estimate of drug-likeness (QED) is 0.130. The van der Waals surface area contributed by atoms with E-state index in [1.807, 2.05) is 6.07 Å². The monoisotopic (exact) mass is 796 g/mol. The molecule has 15 nitrogen and oxygen atoms in total. The van der Waals surface area contributed by atoms with Crippen molar-refractivity contribution in [2.45, 2.75) is 14.7 Å². The molecule has 0 aliphatic rings. The lowest BCUT2D eigenvalue weighted by Gasteiger charge is -2.27. The molecule has 2 N–H and O–H groups in total. The zero-order valence-electron chi connectivity index (χ0n) is 28.5. The first-order valence-corrected chi connectivity index (χ1v) is 19.9. The number of hydrogen-bond donors (Lipinski definition) is 2. The summed E-state index contributed by atoms with van der Waals surface area (Å²) < 4.78 is 99.9. The van der Waals surface area contributed by atoms with Crippen LogP contribution in [0.25, 0.3) is 11.1 Å². The van der Waals surface area contributed by atoms with Crippen LogP contribution in [0.2, 0.25) is 0 Å². The van der Waals surface area contributed by atoms with E-state index in [2.05, 4.69) is 0 Å². The molecule has 54 heavy (non-hydrogen) atoms. The number of carboxylic acids is 2. The van der Waals surface area contributed by atoms with Crippen molar-refractivity contribution in [3.8, 4) is 28.4 Å². The van der Waals surface area contributed by atoms with E-state index in [1.165, 1.54) is 62.8 Å². The number of benzene rings is 5. The van der Waals surface area contributed by atoms with Crippen molar-refractivity contribution < 1.29 is 58.7 Å². The van der Waals surface area contributed by atoms with E-state index in [0.717, 1.165) is 48.0 Å². The van der Waals surface area contributed by atoms with E-state index >= 15 is 0 Å². The number of hydrogen-bond acceptors (Lipinski definition) is 11. The number of anilines is 2. The van der Waals surface area contributed by atoms with Crippen LogP contribution < -0.4 is 22.3 Å². The van der Waals surface area contributed by atoms with Gasteiger partial charge in [0.15, 0.2) is 5.75 Å². The van der Waals surface area contributed by atoms with Crippen molar-refractivity contribution >= 4 is 53.5 Å². The van der Waals surface area contributed by atoms with E-state index in [1.54, 1.807) is 24.3 Å². The van der Waals surface area contributed by atoms with Gasteiger partial charge < -0.3 is 23.9 Å². The molecular formula is C36H32N2O13S3. The average molecular weight is 797 g/mol. The van der Waals surface area contributed by atoms with Crippen molar-refractivity contribution in [1.82, 2.24) is 0 Å². The third-order valence-electron chi connectivity index (χ3n) is 7.80. The second-order valence-corrected chi connectivity index (χ2v) is 16.5. The molecule has 0 bridgehead atoms. The zero-order valence-corrected chi connectivity index (χ0v) is 30.9. The van der Waals surface area contributed by atoms with Crippen LogP contribution in [0.5, 0.6) is 17.2 Å². The third kappa shape index (κ3) is 8.57. The van der Waals surface area contributed by atoms with Crippen LogP contribution in [-0.4, -0.2) is 74.7 Å². The molecule has 5 aromatic carbocycles. The highest BCUT2D eigenvalue weighted by Crippen LogP contribution is 2.39. The Bertz CT molecular complexity index is 2480. The van der Waals surface area contributed by atoms with Gasteiger partial charge in [0, 0.05) is 6.07 Å². The SMILES string of the molecule is COc1ccc(S(=O)(=O)N(CC(=O)O)c2ccc(N(CC(=O)O)S(=O)(=O)c3ccc(OC)cc3)c(OS(=O)(=O)c3ccc(-c4ccccc4)cc3)c2)cc1. The van der Waals surface area contributed by atoms with Crippen LogP contribution in [-0.2, 0) is 39.8 Å². The molecule has 18 heteroatoms. The van der Waals surface area contributed by atoms with E-state index in [-0.39, 0.29) is 10.6 Å². The van der Waals surface area contributed by atoms with Gasteiger partial charge in [-0.25, -0.2) is 16.8 Å². The molecule has 0 saturated carbocycles. The van der Waals surface area contributed by atoms with Gasteiger partial charge >= 0.3 is 22.1 Å². The molecule has 5 rings (SSSR count). The Morgan fingerprint density at radius 1 is 0.556 bits per heavy atom. The maximum Gasteiger partial charge on any atom is 0.339 e. The summed E-state index contributed by atoms with van der Waals surface area (Å²) in [4.78, 5) is 23.0. The lowest BCUT2D eigenvalue weighted by atomic mass is 10.1. The maximum atomic E-state index is 14.0. The van der Waals surface area contributed by atoms with Crippen LogP contribution in [0.1, 0.15) is 0 Å². The van der Waals surface area contributed by atoms with Crippen LogP contribution in [0.3, 0.4) is 0 Å². The fourth-order valence-corrected chi connectivity index (χ4v) is 8.92. The van der Waals surface area contributed by atoms with Gasteiger partial charge in [-0.05, 0) is 83.9 Å². The molecule has 0 spiro atoms. The first kappa shape index (κ1) is 39.1. The summed E-state index contributed by atoms with van der Waals surface area (Å²) in [7, 11) is -11.6. The number of sulfonamides is 2. The van der Waals surface area contributed by atoms with Gasteiger partial charge in [-0.3, -0.25) is 18.2 Å². The lowest BCUT2D eigenvalue weighted by Crippen LogP contribution is -2.37. The molecule has 0 heterocycles. The maximum absolute atomic E-state index is 14.0. The Balaban J connectivity index is 1.69. The number of rotatable bonds is 16. The summed E-state index contributed by atoms with van der Waals surface area (Å²) in [5, 5.41) is 19.6. The molecular weight excluding hydrogens is 765 g/mol. The molecule has 5 aromatic rings. The molecule has 282 valence electrons. The lowest BCUT2D eigenvalue weighted by molar-refractivity contribution is -0.136. The zero-order chi connectivity index (χ0) is 39.3. The Kier molecular flexibility index (Phi) is 11.5. The number of methoxy groups -OCH3 is 2. The number of ether oxygens (including phenoxy) is 2. The highest BCUT2D eigenvalue weighted by molar-refractivity contribution is 7.93. The van der Waals surface area contributed by atoms with Gasteiger partial charge in [0.25, 0.3) is 20.0 Å². The minimum atomic E-state index is -4.86. The van der Waals surface area contributed by atoms with Crippen LogP contribution >= 0.6 is 0 Å². The van der Waals surface area contributed by atoms with Gasteiger partial charge in [0.2, 0.25) is 0 Å². The highest BCUT2D eigenvalue weighted by Gasteiger charge is 2.34. The highest BCUT2D eigenvalue weighted by atomic mass is 32.2. The summed E-state index contributed by atoms with van der Waals surface area (Å²) in [5.74, 6) is -3.49. The Morgan fingerprint density at radius 2 is 1.00 bits per heavy atom. The molecule has 0 unspecified atom stereocenters. The van der Waals surface area contributed by atoms with Crippen molar-refractivity contribution in [1.29, 1.82) is 0 Å². The summed E-state index contributed by atoms with van der Waals surface area (Å²) in [6.07, 6.45) is 0. The van der Waals surface area contributed by atoms with Crippen molar-refractivity contribution in [2.24, 2.45) is 0 Å². The van der Waals surface area contributed by atoms with Gasteiger partial charge in [-0.1, -0.05) is 42.5 Å². The van der Waals surface area contributed by atoms with Crippen LogP contribution in [0, 0.1) is 0 Å². The molecule has 0 amide bonds. The van der Waals surface area contributed by atoms with Crippen molar-refractivity contribution in [2.75, 3.05) is 35.9 Å². The molecule has 0 aliphatic heterocycles. The largest absolute Gasteiger partial charge is 0.497 e. The number of nitrogens with zero attached hydrogens (tertiary/aromatic N) is 2. The second-order valence-electron chi connectivity index (χ2n) is 11.2. The molecule has 0 aromatic heterocycles. The number of carbonyl (C=O) groups is 2. The van der Waals surface area contributed by atoms with Gasteiger partial charge in [-0.15, -0.1) is 0 Å². The van der Waals surface area contributed by atoms with Crippen molar-refractivity contribution in [3.05, 3.63) is 121 Å². The van der Waals surface area contributed by atoms with Crippen LogP contribution in [0.4, 0.5) is 11.4 Å². The molecule has 0 fully saturated rings. The second kappa shape index (κ2) is 15.9. The molecule has 0 saturated heterocycles. The Morgan fingerprint density at radius 3 is 1.48 bits per heavy atom. The van der Waals surface area contributed by atoms with Crippen LogP contribution in [0.15, 0.2) is 136 Å².